The summed E-state index contributed by atoms with van der Waals surface area (Å²) in [6.07, 6.45) is 8.19. The second-order valence-corrected chi connectivity index (χ2v) is 6.45. The first-order valence-corrected chi connectivity index (χ1v) is 8.72. The van der Waals surface area contributed by atoms with Crippen LogP contribution in [0.2, 0.25) is 0 Å². The Bertz CT molecular complexity index is 636. The largest absolute Gasteiger partial charge is 0.353 e. The molecule has 1 aliphatic heterocycles. The highest BCUT2D eigenvalue weighted by Crippen LogP contribution is 2.15. The molecule has 3 rings (SSSR count). The molecule has 0 aromatic heterocycles. The Morgan fingerprint density at radius 1 is 1.28 bits per heavy atom. The fourth-order valence-corrected chi connectivity index (χ4v) is 3.24. The predicted octanol–water partition coefficient (Wildman–Crippen LogP) is 2.81. The number of carbonyl (C=O) groups is 1. The molecule has 1 heterocycles. The van der Waals surface area contributed by atoms with Crippen molar-refractivity contribution in [1.82, 2.24) is 15.5 Å². The van der Waals surface area contributed by atoms with Gasteiger partial charge in [-0.3, -0.25) is 9.79 Å². The number of carbonyl (C=O) groups excluding carboxylic acids is 1. The number of hydrogen-bond donors (Lipinski definition) is 2. The molecule has 1 fully saturated rings. The fourth-order valence-electron chi connectivity index (χ4n) is 3.24. The van der Waals surface area contributed by atoms with Gasteiger partial charge in [0.15, 0.2) is 5.96 Å². The van der Waals surface area contributed by atoms with Crippen LogP contribution in [0.4, 0.5) is 0 Å². The van der Waals surface area contributed by atoms with Crippen molar-refractivity contribution in [3.63, 3.8) is 0 Å². The molecule has 6 heteroatoms. The molecule has 2 aliphatic rings. The van der Waals surface area contributed by atoms with Crippen LogP contribution in [-0.4, -0.2) is 36.4 Å². The van der Waals surface area contributed by atoms with E-state index in [2.05, 4.69) is 52.0 Å². The van der Waals surface area contributed by atoms with E-state index in [1.807, 2.05) is 4.90 Å². The molecule has 0 radical (unpaired) electrons. The number of guanidine groups is 1. The summed E-state index contributed by atoms with van der Waals surface area (Å²) in [5, 5.41) is 6.81. The Labute approximate surface area is 167 Å². The van der Waals surface area contributed by atoms with Crippen molar-refractivity contribution >= 4 is 35.8 Å². The van der Waals surface area contributed by atoms with E-state index in [-0.39, 0.29) is 29.9 Å². The third-order valence-electron chi connectivity index (χ3n) is 4.57. The standard InChI is InChI=1S/C19H26N4O.HI/c1-20-19(22-17-8-2-3-9-17)21-13-15-6-4-7-16(12-15)14-23-11-5-10-18(23)24;/h2-4,6-7,12,17H,5,8-11,13-14H2,1H3,(H2,20,21,22);1H. The Balaban J connectivity index is 0.00000225. The SMILES string of the molecule is CN=C(NCc1cccc(CN2CCCC2=O)c1)NC1CC=CC1.I. The van der Waals surface area contributed by atoms with Crippen molar-refractivity contribution in [2.24, 2.45) is 4.99 Å². The lowest BCUT2D eigenvalue weighted by Crippen LogP contribution is -2.42. The first-order chi connectivity index (χ1) is 11.7. The average Bonchev–Trinajstić information content (AvgIpc) is 3.24. The van der Waals surface area contributed by atoms with Crippen LogP contribution >= 0.6 is 24.0 Å². The lowest BCUT2D eigenvalue weighted by atomic mass is 10.1. The molecular weight excluding hydrogens is 427 g/mol. The van der Waals surface area contributed by atoms with Gasteiger partial charge < -0.3 is 15.5 Å². The van der Waals surface area contributed by atoms with Gasteiger partial charge in [0, 0.05) is 39.1 Å². The number of amides is 1. The topological polar surface area (TPSA) is 56.7 Å². The van der Waals surface area contributed by atoms with E-state index in [0.29, 0.717) is 19.0 Å². The number of aliphatic imine (C=N–C) groups is 1. The summed E-state index contributed by atoms with van der Waals surface area (Å²) in [5.74, 6) is 1.11. The van der Waals surface area contributed by atoms with Gasteiger partial charge in [-0.25, -0.2) is 0 Å². The minimum absolute atomic E-state index is 0. The first kappa shape index (κ1) is 19.8. The molecule has 2 N–H and O–H groups in total. The van der Waals surface area contributed by atoms with Gasteiger partial charge in [-0.1, -0.05) is 36.4 Å². The normalized spacial score (nSPS) is 17.7. The van der Waals surface area contributed by atoms with Crippen LogP contribution < -0.4 is 10.6 Å². The van der Waals surface area contributed by atoms with Gasteiger partial charge in [-0.2, -0.15) is 0 Å². The molecule has 0 spiro atoms. The number of halogens is 1. The van der Waals surface area contributed by atoms with Crippen molar-refractivity contribution < 1.29 is 4.79 Å². The highest BCUT2D eigenvalue weighted by molar-refractivity contribution is 14.0. The highest BCUT2D eigenvalue weighted by Gasteiger charge is 2.20. The number of nitrogens with one attached hydrogen (secondary N) is 2. The number of benzene rings is 1. The molecule has 0 atom stereocenters. The Morgan fingerprint density at radius 2 is 2.04 bits per heavy atom. The zero-order valence-corrected chi connectivity index (χ0v) is 17.0. The smallest absolute Gasteiger partial charge is 0.222 e. The van der Waals surface area contributed by atoms with Crippen LogP contribution in [0.15, 0.2) is 41.4 Å². The van der Waals surface area contributed by atoms with Crippen molar-refractivity contribution in [1.29, 1.82) is 0 Å². The minimum atomic E-state index is 0. The Morgan fingerprint density at radius 3 is 2.72 bits per heavy atom. The third-order valence-corrected chi connectivity index (χ3v) is 4.57. The Hall–Kier alpha value is -1.57. The molecule has 0 unspecified atom stereocenters. The van der Waals surface area contributed by atoms with Gasteiger partial charge in [0.25, 0.3) is 0 Å². The van der Waals surface area contributed by atoms with Crippen molar-refractivity contribution in [3.05, 3.63) is 47.5 Å². The quantitative estimate of drug-likeness (QED) is 0.312. The van der Waals surface area contributed by atoms with Crippen LogP contribution in [0.1, 0.15) is 36.8 Å². The second-order valence-electron chi connectivity index (χ2n) is 6.45. The van der Waals surface area contributed by atoms with Crippen LogP contribution in [0.3, 0.4) is 0 Å². The van der Waals surface area contributed by atoms with Gasteiger partial charge in [-0.05, 0) is 30.4 Å². The van der Waals surface area contributed by atoms with Gasteiger partial charge in [0.05, 0.1) is 0 Å². The summed E-state index contributed by atoms with van der Waals surface area (Å²) in [7, 11) is 1.80. The van der Waals surface area contributed by atoms with Crippen LogP contribution in [-0.2, 0) is 17.9 Å². The second kappa shape index (κ2) is 9.79. The fraction of sp³-hybridized carbons (Fsp3) is 0.474. The molecule has 1 saturated heterocycles. The number of nitrogens with zero attached hydrogens (tertiary/aromatic N) is 2. The zero-order chi connectivity index (χ0) is 16.8. The number of rotatable bonds is 5. The van der Waals surface area contributed by atoms with E-state index in [0.717, 1.165) is 38.3 Å². The van der Waals surface area contributed by atoms with E-state index in [1.165, 1.54) is 11.1 Å². The zero-order valence-electron chi connectivity index (χ0n) is 14.7. The van der Waals surface area contributed by atoms with Gasteiger partial charge in [-0.15, -0.1) is 24.0 Å². The van der Waals surface area contributed by atoms with Crippen LogP contribution in [0.25, 0.3) is 0 Å². The van der Waals surface area contributed by atoms with Gasteiger partial charge >= 0.3 is 0 Å². The maximum Gasteiger partial charge on any atom is 0.222 e. The van der Waals surface area contributed by atoms with Crippen molar-refractivity contribution in [3.8, 4) is 0 Å². The molecular formula is C19H27IN4O. The predicted molar refractivity (Wildman–Crippen MR) is 112 cm³/mol. The molecule has 1 aromatic carbocycles. The van der Waals surface area contributed by atoms with E-state index in [4.69, 9.17) is 0 Å². The summed E-state index contributed by atoms with van der Waals surface area (Å²) < 4.78 is 0. The molecule has 136 valence electrons. The summed E-state index contributed by atoms with van der Waals surface area (Å²) in [4.78, 5) is 18.0. The first-order valence-electron chi connectivity index (χ1n) is 8.72. The molecule has 1 aliphatic carbocycles. The molecule has 0 bridgehead atoms. The molecule has 1 amide bonds. The highest BCUT2D eigenvalue weighted by atomic mass is 127. The number of likely N-dealkylation sites (tertiary alicyclic amines) is 1. The lowest BCUT2D eigenvalue weighted by molar-refractivity contribution is -0.128. The summed E-state index contributed by atoms with van der Waals surface area (Å²) >= 11 is 0. The average molecular weight is 454 g/mol. The number of hydrogen-bond acceptors (Lipinski definition) is 2. The maximum atomic E-state index is 11.8. The van der Waals surface area contributed by atoms with E-state index < -0.39 is 0 Å². The van der Waals surface area contributed by atoms with Gasteiger partial charge in [0.1, 0.15) is 0 Å². The van der Waals surface area contributed by atoms with Gasteiger partial charge in [0.2, 0.25) is 5.91 Å². The molecule has 25 heavy (non-hydrogen) atoms. The minimum Gasteiger partial charge on any atom is -0.353 e. The van der Waals surface area contributed by atoms with Crippen molar-refractivity contribution in [2.45, 2.75) is 44.8 Å². The van der Waals surface area contributed by atoms with E-state index >= 15 is 0 Å². The maximum absolute atomic E-state index is 11.8. The lowest BCUT2D eigenvalue weighted by Gasteiger charge is -2.18. The summed E-state index contributed by atoms with van der Waals surface area (Å²) in [5.41, 5.74) is 2.39. The van der Waals surface area contributed by atoms with Crippen molar-refractivity contribution in [2.75, 3.05) is 13.6 Å². The Kier molecular flexibility index (Phi) is 7.74. The monoisotopic (exact) mass is 454 g/mol. The van der Waals surface area contributed by atoms with E-state index in [1.54, 1.807) is 7.05 Å². The van der Waals surface area contributed by atoms with Crippen LogP contribution in [0, 0.1) is 0 Å². The summed E-state index contributed by atoms with van der Waals surface area (Å²) in [6, 6.07) is 8.87. The van der Waals surface area contributed by atoms with Crippen LogP contribution in [0.5, 0.6) is 0 Å². The summed E-state index contributed by atoms with van der Waals surface area (Å²) in [6.45, 7) is 2.32. The molecule has 5 nitrogen and oxygen atoms in total. The molecule has 0 saturated carbocycles. The van der Waals surface area contributed by atoms with E-state index in [9.17, 15) is 4.79 Å². The molecule has 1 aromatic rings. The third kappa shape index (κ3) is 5.73.